The van der Waals surface area contributed by atoms with Gasteiger partial charge < -0.3 is 5.11 Å². The molecule has 1 aliphatic rings. The van der Waals surface area contributed by atoms with Crippen LogP contribution in [0.3, 0.4) is 0 Å². The molecule has 0 bridgehead atoms. The van der Waals surface area contributed by atoms with Gasteiger partial charge in [0.2, 0.25) is 0 Å². The normalized spacial score (nSPS) is 26.7. The number of rotatable bonds is 5. The van der Waals surface area contributed by atoms with Crippen molar-refractivity contribution in [1.82, 2.24) is 4.90 Å². The first-order valence-corrected chi connectivity index (χ1v) is 7.92. The van der Waals surface area contributed by atoms with Crippen LogP contribution in [0.15, 0.2) is 0 Å². The van der Waals surface area contributed by atoms with Crippen LogP contribution in [0.4, 0.5) is 0 Å². The van der Waals surface area contributed by atoms with Crippen LogP contribution in [0.1, 0.15) is 66.2 Å². The number of hydrogen-bond acceptors (Lipinski definition) is 2. The van der Waals surface area contributed by atoms with E-state index in [4.69, 9.17) is 0 Å². The summed E-state index contributed by atoms with van der Waals surface area (Å²) in [5, 5.41) is 10.4. The van der Waals surface area contributed by atoms with Crippen molar-refractivity contribution in [2.75, 3.05) is 13.1 Å². The predicted molar refractivity (Wildman–Crippen MR) is 78.7 cm³/mol. The van der Waals surface area contributed by atoms with E-state index in [1.807, 2.05) is 0 Å². The third-order valence-electron chi connectivity index (χ3n) is 3.86. The van der Waals surface area contributed by atoms with Gasteiger partial charge in [-0.2, -0.15) is 0 Å². The molecule has 0 amide bonds. The van der Waals surface area contributed by atoms with Crippen molar-refractivity contribution in [3.8, 4) is 0 Å². The van der Waals surface area contributed by atoms with Crippen molar-refractivity contribution >= 4 is 0 Å². The molecule has 0 heterocycles. The van der Waals surface area contributed by atoms with Gasteiger partial charge in [0, 0.05) is 19.1 Å². The van der Waals surface area contributed by atoms with E-state index in [1.54, 1.807) is 0 Å². The molecule has 0 spiro atoms. The fourth-order valence-corrected chi connectivity index (χ4v) is 3.15. The zero-order valence-corrected chi connectivity index (χ0v) is 12.9. The molecule has 18 heavy (non-hydrogen) atoms. The lowest BCUT2D eigenvalue weighted by Gasteiger charge is -2.38. The lowest BCUT2D eigenvalue weighted by Crippen LogP contribution is -2.47. The number of hydrogen-bond donors (Lipinski definition) is 1. The molecule has 1 rings (SSSR count). The summed E-state index contributed by atoms with van der Waals surface area (Å²) in [5.41, 5.74) is 0. The fraction of sp³-hybridized carbons (Fsp3) is 1.00. The third-order valence-corrected chi connectivity index (χ3v) is 3.86. The van der Waals surface area contributed by atoms with Gasteiger partial charge in [-0.1, -0.05) is 53.4 Å². The van der Waals surface area contributed by atoms with Crippen molar-refractivity contribution in [2.45, 2.75) is 78.4 Å². The van der Waals surface area contributed by atoms with Crippen molar-refractivity contribution in [3.63, 3.8) is 0 Å². The second kappa shape index (κ2) is 8.16. The Balaban J connectivity index is 2.65. The molecule has 1 fully saturated rings. The smallest absolute Gasteiger partial charge is 0.0695 e. The summed E-state index contributed by atoms with van der Waals surface area (Å²) in [7, 11) is 0. The minimum atomic E-state index is -0.109. The highest BCUT2D eigenvalue weighted by Gasteiger charge is 2.27. The summed E-state index contributed by atoms with van der Waals surface area (Å²) >= 11 is 0. The first-order chi connectivity index (χ1) is 8.50. The van der Waals surface area contributed by atoms with E-state index < -0.39 is 0 Å². The van der Waals surface area contributed by atoms with E-state index in [2.05, 4.69) is 32.6 Å². The fourth-order valence-electron chi connectivity index (χ4n) is 3.15. The van der Waals surface area contributed by atoms with Crippen LogP contribution in [-0.2, 0) is 0 Å². The standard InChI is InChI=1S/C16H33NO/c1-13(2)11-17(12-14(3)4)15-9-7-5-6-8-10-16(15)18/h13-16,18H,5-12H2,1-4H3. The van der Waals surface area contributed by atoms with Crippen LogP contribution >= 0.6 is 0 Å². The van der Waals surface area contributed by atoms with Crippen LogP contribution in [0, 0.1) is 11.8 Å². The lowest BCUT2D eigenvalue weighted by atomic mass is 9.92. The summed E-state index contributed by atoms with van der Waals surface area (Å²) in [6.45, 7) is 11.4. The zero-order valence-electron chi connectivity index (χ0n) is 12.9. The molecule has 0 radical (unpaired) electrons. The van der Waals surface area contributed by atoms with Gasteiger partial charge in [0.25, 0.3) is 0 Å². The summed E-state index contributed by atoms with van der Waals surface area (Å²) in [4.78, 5) is 2.56. The molecule has 0 aromatic rings. The number of aliphatic hydroxyl groups excluding tert-OH is 1. The summed E-state index contributed by atoms with van der Waals surface area (Å²) < 4.78 is 0. The Hall–Kier alpha value is -0.0800. The van der Waals surface area contributed by atoms with E-state index >= 15 is 0 Å². The Labute approximate surface area is 114 Å². The SMILES string of the molecule is CC(C)CN(CC(C)C)C1CCCCCCC1O. The lowest BCUT2D eigenvalue weighted by molar-refractivity contribution is 0.0200. The van der Waals surface area contributed by atoms with Crippen LogP contribution in [-0.4, -0.2) is 35.2 Å². The predicted octanol–water partition coefficient (Wildman–Crippen LogP) is 3.68. The van der Waals surface area contributed by atoms with E-state index in [-0.39, 0.29) is 6.10 Å². The Morgan fingerprint density at radius 2 is 1.39 bits per heavy atom. The highest BCUT2D eigenvalue weighted by molar-refractivity contribution is 4.82. The molecule has 0 aromatic carbocycles. The molecule has 2 atom stereocenters. The van der Waals surface area contributed by atoms with E-state index in [0.717, 1.165) is 19.5 Å². The van der Waals surface area contributed by atoms with Crippen LogP contribution in [0.25, 0.3) is 0 Å². The van der Waals surface area contributed by atoms with Crippen LogP contribution in [0.2, 0.25) is 0 Å². The maximum Gasteiger partial charge on any atom is 0.0695 e. The molecular weight excluding hydrogens is 222 g/mol. The average molecular weight is 255 g/mol. The zero-order chi connectivity index (χ0) is 13.5. The maximum absolute atomic E-state index is 10.4. The second-order valence-corrected chi connectivity index (χ2v) is 6.87. The third kappa shape index (κ3) is 5.71. The van der Waals surface area contributed by atoms with Gasteiger partial charge in [-0.05, 0) is 24.7 Å². The summed E-state index contributed by atoms with van der Waals surface area (Å²) in [6.07, 6.45) is 7.21. The van der Waals surface area contributed by atoms with Crippen molar-refractivity contribution < 1.29 is 5.11 Å². The van der Waals surface area contributed by atoms with Crippen molar-refractivity contribution in [1.29, 1.82) is 0 Å². The average Bonchev–Trinajstić information content (AvgIpc) is 2.21. The van der Waals surface area contributed by atoms with Gasteiger partial charge >= 0.3 is 0 Å². The number of aliphatic hydroxyl groups is 1. The van der Waals surface area contributed by atoms with Gasteiger partial charge in [0.1, 0.15) is 0 Å². The molecule has 1 N–H and O–H groups in total. The highest BCUT2D eigenvalue weighted by Crippen LogP contribution is 2.23. The Morgan fingerprint density at radius 1 is 0.889 bits per heavy atom. The van der Waals surface area contributed by atoms with Gasteiger partial charge in [-0.3, -0.25) is 4.90 Å². The topological polar surface area (TPSA) is 23.5 Å². The Bertz CT molecular complexity index is 205. The Kier molecular flexibility index (Phi) is 7.25. The molecule has 108 valence electrons. The molecule has 2 heteroatoms. The van der Waals surface area contributed by atoms with Crippen molar-refractivity contribution in [2.24, 2.45) is 11.8 Å². The van der Waals surface area contributed by atoms with Gasteiger partial charge in [0.05, 0.1) is 6.10 Å². The molecule has 1 saturated carbocycles. The van der Waals surface area contributed by atoms with E-state index in [1.165, 1.54) is 32.1 Å². The summed E-state index contributed by atoms with van der Waals surface area (Å²) in [6, 6.07) is 0.398. The molecule has 2 nitrogen and oxygen atoms in total. The Morgan fingerprint density at radius 3 is 1.89 bits per heavy atom. The molecule has 0 aromatic heterocycles. The van der Waals surface area contributed by atoms with E-state index in [9.17, 15) is 5.11 Å². The van der Waals surface area contributed by atoms with Crippen LogP contribution in [0.5, 0.6) is 0 Å². The van der Waals surface area contributed by atoms with E-state index in [0.29, 0.717) is 17.9 Å². The van der Waals surface area contributed by atoms with Crippen molar-refractivity contribution in [3.05, 3.63) is 0 Å². The molecule has 0 saturated heterocycles. The maximum atomic E-state index is 10.4. The molecule has 0 aliphatic heterocycles. The quantitative estimate of drug-likeness (QED) is 0.810. The summed E-state index contributed by atoms with van der Waals surface area (Å²) in [5.74, 6) is 1.36. The van der Waals surface area contributed by atoms with Gasteiger partial charge in [-0.15, -0.1) is 0 Å². The molecule has 2 unspecified atom stereocenters. The minimum Gasteiger partial charge on any atom is -0.391 e. The minimum absolute atomic E-state index is 0.109. The first-order valence-electron chi connectivity index (χ1n) is 7.92. The van der Waals surface area contributed by atoms with Gasteiger partial charge in [-0.25, -0.2) is 0 Å². The second-order valence-electron chi connectivity index (χ2n) is 6.87. The van der Waals surface area contributed by atoms with Gasteiger partial charge in [0.15, 0.2) is 0 Å². The van der Waals surface area contributed by atoms with Crippen LogP contribution < -0.4 is 0 Å². The monoisotopic (exact) mass is 255 g/mol. The number of nitrogens with zero attached hydrogens (tertiary/aromatic N) is 1. The first kappa shape index (κ1) is 16.0. The molecular formula is C16H33NO. The largest absolute Gasteiger partial charge is 0.391 e. The highest BCUT2D eigenvalue weighted by atomic mass is 16.3. The molecule has 1 aliphatic carbocycles.